The smallest absolute Gasteiger partial charge is 0.185 e. The molecule has 0 unspecified atom stereocenters. The molecule has 0 bridgehead atoms. The summed E-state index contributed by atoms with van der Waals surface area (Å²) in [7, 11) is 0. The van der Waals surface area contributed by atoms with E-state index in [0.717, 1.165) is 11.3 Å². The highest BCUT2D eigenvalue weighted by molar-refractivity contribution is 6.32. The quantitative estimate of drug-likeness (QED) is 0.223. The van der Waals surface area contributed by atoms with E-state index >= 15 is 0 Å². The van der Waals surface area contributed by atoms with Gasteiger partial charge in [-0.2, -0.15) is 0 Å². The van der Waals surface area contributed by atoms with E-state index in [0.29, 0.717) is 34.6 Å². The third-order valence-electron chi connectivity index (χ3n) is 8.59. The number of ketones is 3. The summed E-state index contributed by atoms with van der Waals surface area (Å²) in [6, 6.07) is 30.1. The van der Waals surface area contributed by atoms with Gasteiger partial charge in [0.1, 0.15) is 17.2 Å². The van der Waals surface area contributed by atoms with Crippen molar-refractivity contribution in [1.82, 2.24) is 0 Å². The molecular formula is C35H27NO4. The topological polar surface area (TPSA) is 63.7 Å². The minimum atomic E-state index is -1.55. The fraction of sp³-hybridized carbons (Fsp3) is 0.171. The SMILES string of the molecule is CCOc1ccccc1[C@@H]1[C@@H](C(=O)c2ccccc2)N2c3ccccc3C=C[C@@H]2C12C(=O)c1ccccc1C2=O. The Morgan fingerprint density at radius 2 is 1.43 bits per heavy atom. The number of anilines is 1. The minimum Gasteiger partial charge on any atom is -0.494 e. The maximum absolute atomic E-state index is 14.7. The van der Waals surface area contributed by atoms with Gasteiger partial charge in [-0.3, -0.25) is 14.4 Å². The minimum absolute atomic E-state index is 0.138. The molecule has 5 nitrogen and oxygen atoms in total. The molecule has 196 valence electrons. The van der Waals surface area contributed by atoms with Gasteiger partial charge in [-0.1, -0.05) is 103 Å². The molecule has 0 saturated carbocycles. The fourth-order valence-electron chi connectivity index (χ4n) is 7.06. The van der Waals surface area contributed by atoms with Gasteiger partial charge in [0, 0.05) is 33.9 Å². The number of carbonyl (C=O) groups is 3. The maximum atomic E-state index is 14.7. The van der Waals surface area contributed by atoms with Crippen molar-refractivity contribution in [3.8, 4) is 5.75 Å². The lowest BCUT2D eigenvalue weighted by atomic mass is 9.64. The van der Waals surface area contributed by atoms with Crippen LogP contribution in [0.5, 0.6) is 5.75 Å². The van der Waals surface area contributed by atoms with Gasteiger partial charge in [-0.15, -0.1) is 0 Å². The van der Waals surface area contributed by atoms with Crippen LogP contribution in [0, 0.1) is 5.41 Å². The Morgan fingerprint density at radius 1 is 0.800 bits per heavy atom. The van der Waals surface area contributed by atoms with Crippen LogP contribution < -0.4 is 9.64 Å². The van der Waals surface area contributed by atoms with E-state index in [4.69, 9.17) is 4.74 Å². The van der Waals surface area contributed by atoms with Crippen LogP contribution in [0.3, 0.4) is 0 Å². The molecule has 7 rings (SSSR count). The van der Waals surface area contributed by atoms with Gasteiger partial charge in [0.25, 0.3) is 0 Å². The number of rotatable bonds is 5. The number of Topliss-reactive ketones (excluding diaryl/α,β-unsaturated/α-hetero) is 3. The zero-order valence-corrected chi connectivity index (χ0v) is 22.0. The van der Waals surface area contributed by atoms with Crippen molar-refractivity contribution >= 4 is 29.1 Å². The third kappa shape index (κ3) is 3.18. The standard InChI is InChI=1S/C35H27NO4/c1-2-40-28-19-11-9-17-26(28)30-31(32(37)23-13-4-3-5-14-23)36-27-18-10-6-12-22(27)20-21-29(36)35(30)33(38)24-15-7-8-16-25(24)34(35)39/h3-21,29-31H,2H2,1H3/t29-,30-,31+/m1/s1. The molecule has 4 aromatic carbocycles. The maximum Gasteiger partial charge on any atom is 0.185 e. The zero-order chi connectivity index (χ0) is 27.4. The lowest BCUT2D eigenvalue weighted by Gasteiger charge is -2.37. The second-order valence-corrected chi connectivity index (χ2v) is 10.5. The summed E-state index contributed by atoms with van der Waals surface area (Å²) in [6.07, 6.45) is 3.92. The summed E-state index contributed by atoms with van der Waals surface area (Å²) < 4.78 is 6.09. The summed E-state index contributed by atoms with van der Waals surface area (Å²) in [5.74, 6) is -0.843. The first-order chi connectivity index (χ1) is 19.6. The molecule has 1 spiro atoms. The van der Waals surface area contributed by atoms with E-state index in [1.165, 1.54) is 0 Å². The molecule has 0 radical (unpaired) electrons. The summed E-state index contributed by atoms with van der Waals surface area (Å²) in [6.45, 7) is 2.31. The van der Waals surface area contributed by atoms with Crippen LogP contribution in [0.25, 0.3) is 6.08 Å². The predicted octanol–water partition coefficient (Wildman–Crippen LogP) is 6.40. The fourth-order valence-corrected chi connectivity index (χ4v) is 7.06. The Labute approximate surface area is 232 Å². The molecule has 1 fully saturated rings. The summed E-state index contributed by atoms with van der Waals surface area (Å²) in [4.78, 5) is 46.1. The monoisotopic (exact) mass is 525 g/mol. The summed E-state index contributed by atoms with van der Waals surface area (Å²) in [5.41, 5.74) is 2.26. The average Bonchev–Trinajstić information content (AvgIpc) is 3.44. The lowest BCUT2D eigenvalue weighted by Crippen LogP contribution is -2.48. The van der Waals surface area contributed by atoms with E-state index in [-0.39, 0.29) is 17.3 Å². The number of ether oxygens (including phenoxy) is 1. The molecule has 3 aliphatic rings. The predicted molar refractivity (Wildman–Crippen MR) is 154 cm³/mol. The average molecular weight is 526 g/mol. The Balaban J connectivity index is 1.57. The van der Waals surface area contributed by atoms with Crippen LogP contribution in [-0.2, 0) is 0 Å². The van der Waals surface area contributed by atoms with Crippen molar-refractivity contribution in [2.45, 2.75) is 24.9 Å². The highest BCUT2D eigenvalue weighted by Gasteiger charge is 2.71. The Morgan fingerprint density at radius 3 is 2.15 bits per heavy atom. The molecule has 0 aromatic heterocycles. The van der Waals surface area contributed by atoms with Gasteiger partial charge in [0.15, 0.2) is 17.3 Å². The van der Waals surface area contributed by atoms with Gasteiger partial charge >= 0.3 is 0 Å². The number of para-hydroxylation sites is 2. The van der Waals surface area contributed by atoms with Gasteiger partial charge in [0.05, 0.1) is 12.6 Å². The number of benzene rings is 4. The second-order valence-electron chi connectivity index (χ2n) is 10.5. The van der Waals surface area contributed by atoms with Crippen molar-refractivity contribution in [2.75, 3.05) is 11.5 Å². The Kier molecular flexibility index (Phi) is 5.56. The van der Waals surface area contributed by atoms with Crippen LogP contribution in [0.2, 0.25) is 0 Å². The van der Waals surface area contributed by atoms with Gasteiger partial charge in [-0.25, -0.2) is 0 Å². The molecular weight excluding hydrogens is 498 g/mol. The highest BCUT2D eigenvalue weighted by Crippen LogP contribution is 2.61. The molecule has 0 amide bonds. The Hall–Kier alpha value is -4.77. The van der Waals surface area contributed by atoms with Gasteiger partial charge in [0.2, 0.25) is 0 Å². The zero-order valence-electron chi connectivity index (χ0n) is 22.0. The van der Waals surface area contributed by atoms with Crippen LogP contribution in [-0.4, -0.2) is 36.0 Å². The van der Waals surface area contributed by atoms with Crippen LogP contribution in [0.15, 0.2) is 109 Å². The molecule has 40 heavy (non-hydrogen) atoms. The van der Waals surface area contributed by atoms with E-state index in [1.54, 1.807) is 36.4 Å². The normalized spacial score (nSPS) is 21.7. The lowest BCUT2D eigenvalue weighted by molar-refractivity contribution is 0.0664. The molecule has 5 heteroatoms. The van der Waals surface area contributed by atoms with E-state index in [9.17, 15) is 14.4 Å². The van der Waals surface area contributed by atoms with E-state index < -0.39 is 23.4 Å². The van der Waals surface area contributed by atoms with Crippen molar-refractivity contribution in [3.05, 3.63) is 137 Å². The van der Waals surface area contributed by atoms with E-state index in [1.807, 2.05) is 90.7 Å². The first-order valence-electron chi connectivity index (χ1n) is 13.6. The molecule has 2 aliphatic heterocycles. The first kappa shape index (κ1) is 24.3. The van der Waals surface area contributed by atoms with Gasteiger partial charge < -0.3 is 9.64 Å². The van der Waals surface area contributed by atoms with Crippen LogP contribution in [0.4, 0.5) is 5.69 Å². The molecule has 1 saturated heterocycles. The summed E-state index contributed by atoms with van der Waals surface area (Å²) >= 11 is 0. The molecule has 1 aliphatic carbocycles. The molecule has 2 heterocycles. The van der Waals surface area contributed by atoms with E-state index in [2.05, 4.69) is 0 Å². The summed E-state index contributed by atoms with van der Waals surface area (Å²) in [5, 5.41) is 0. The van der Waals surface area contributed by atoms with Crippen LogP contribution in [0.1, 0.15) is 55.0 Å². The van der Waals surface area contributed by atoms with Gasteiger partial charge in [-0.05, 0) is 24.6 Å². The highest BCUT2D eigenvalue weighted by atomic mass is 16.5. The Bertz CT molecular complexity index is 1670. The number of nitrogens with zero attached hydrogens (tertiary/aromatic N) is 1. The van der Waals surface area contributed by atoms with Crippen molar-refractivity contribution in [2.24, 2.45) is 5.41 Å². The molecule has 0 N–H and O–H groups in total. The second kappa shape index (κ2) is 9.16. The largest absolute Gasteiger partial charge is 0.494 e. The number of fused-ring (bicyclic) bond motifs is 5. The number of hydrogen-bond acceptors (Lipinski definition) is 5. The first-order valence-corrected chi connectivity index (χ1v) is 13.6. The number of carbonyl (C=O) groups excluding carboxylic acids is 3. The number of hydrogen-bond donors (Lipinski definition) is 0. The van der Waals surface area contributed by atoms with Crippen LogP contribution >= 0.6 is 0 Å². The van der Waals surface area contributed by atoms with Crippen molar-refractivity contribution in [1.29, 1.82) is 0 Å². The third-order valence-corrected chi connectivity index (χ3v) is 8.59. The molecule has 4 aromatic rings. The van der Waals surface area contributed by atoms with Crippen molar-refractivity contribution < 1.29 is 19.1 Å². The molecule has 3 atom stereocenters. The van der Waals surface area contributed by atoms with Crippen molar-refractivity contribution in [3.63, 3.8) is 0 Å².